The number of nitrogens with zero attached hydrogens (tertiary/aromatic N) is 4. The molecule has 2 amide bonds. The maximum Gasteiger partial charge on any atom is 0.244 e. The normalized spacial score (nSPS) is 16.9. The molecule has 1 saturated heterocycles. The molecule has 0 bridgehead atoms. The summed E-state index contributed by atoms with van der Waals surface area (Å²) in [7, 11) is 3.58. The van der Waals surface area contributed by atoms with Gasteiger partial charge in [0, 0.05) is 38.1 Å². The molecule has 3 rings (SSSR count). The van der Waals surface area contributed by atoms with Crippen LogP contribution in [0.15, 0.2) is 30.7 Å². The van der Waals surface area contributed by atoms with Gasteiger partial charge in [0.2, 0.25) is 11.8 Å². The van der Waals surface area contributed by atoms with Crippen LogP contribution in [-0.2, 0) is 16.6 Å². The van der Waals surface area contributed by atoms with E-state index in [1.807, 2.05) is 26.2 Å². The Balaban J connectivity index is 0.00000210. The molecular weight excluding hydrogens is 415 g/mol. The Morgan fingerprint density at radius 1 is 1.24 bits per heavy atom. The fourth-order valence-corrected chi connectivity index (χ4v) is 3.37. The highest BCUT2D eigenvalue weighted by molar-refractivity contribution is 5.92. The highest BCUT2D eigenvalue weighted by Gasteiger charge is 2.32. The van der Waals surface area contributed by atoms with Crippen LogP contribution in [0.25, 0.3) is 0 Å². The van der Waals surface area contributed by atoms with Gasteiger partial charge in [-0.2, -0.15) is 5.10 Å². The van der Waals surface area contributed by atoms with Gasteiger partial charge < -0.3 is 15.5 Å². The number of carbonyl (C=O) groups is 2. The Morgan fingerprint density at radius 3 is 2.59 bits per heavy atom. The van der Waals surface area contributed by atoms with Gasteiger partial charge in [0.25, 0.3) is 0 Å². The summed E-state index contributed by atoms with van der Waals surface area (Å²) in [6.07, 6.45) is 6.80. The molecule has 1 aliphatic rings. The van der Waals surface area contributed by atoms with E-state index in [1.165, 1.54) is 0 Å². The first-order valence-corrected chi connectivity index (χ1v) is 9.16. The Hall–Kier alpha value is -2.16. The standard InChI is InChI=1S/C19H26N6O2.2ClH/c1-13-6-7-16(21-9-13)23-18(26)14-5-4-8-25(12-14)19(27)17(20-2)15-10-22-24(3)11-15;;/h6-7,9-11,14,17,20H,4-5,8,12H2,1-3H3,(H,21,23,26);2*1H. The summed E-state index contributed by atoms with van der Waals surface area (Å²) < 4.78 is 1.67. The third-order valence-electron chi connectivity index (χ3n) is 4.86. The molecule has 1 aliphatic heterocycles. The van der Waals surface area contributed by atoms with Crippen LogP contribution in [0.4, 0.5) is 5.82 Å². The maximum absolute atomic E-state index is 13.0. The first kappa shape index (κ1) is 24.9. The van der Waals surface area contributed by atoms with Crippen LogP contribution >= 0.6 is 24.8 Å². The highest BCUT2D eigenvalue weighted by atomic mass is 35.5. The summed E-state index contributed by atoms with van der Waals surface area (Å²) in [6, 6.07) is 3.24. The molecule has 0 saturated carbocycles. The van der Waals surface area contributed by atoms with Crippen LogP contribution in [0, 0.1) is 12.8 Å². The predicted octanol–water partition coefficient (Wildman–Crippen LogP) is 2.10. The molecule has 2 aromatic heterocycles. The quantitative estimate of drug-likeness (QED) is 0.739. The van der Waals surface area contributed by atoms with E-state index in [2.05, 4.69) is 20.7 Å². The number of aryl methyl sites for hydroxylation is 2. The lowest BCUT2D eigenvalue weighted by atomic mass is 9.96. The molecule has 1 fully saturated rings. The molecule has 0 spiro atoms. The van der Waals surface area contributed by atoms with E-state index in [-0.39, 0.29) is 42.5 Å². The van der Waals surface area contributed by atoms with Gasteiger partial charge in [0.1, 0.15) is 11.9 Å². The molecule has 0 radical (unpaired) electrons. The number of hydrogen-bond donors (Lipinski definition) is 2. The molecule has 29 heavy (non-hydrogen) atoms. The molecule has 3 heterocycles. The molecule has 160 valence electrons. The number of amides is 2. The number of anilines is 1. The Bertz CT molecular complexity index is 811. The van der Waals surface area contributed by atoms with Crippen molar-refractivity contribution in [2.45, 2.75) is 25.8 Å². The number of halogens is 2. The average Bonchev–Trinajstić information content (AvgIpc) is 3.10. The SMILES string of the molecule is CNC(C(=O)N1CCCC(C(=O)Nc2ccc(C)cn2)C1)c1cnn(C)c1.Cl.Cl. The second-order valence-corrected chi connectivity index (χ2v) is 7.00. The number of hydrogen-bond acceptors (Lipinski definition) is 5. The van der Waals surface area contributed by atoms with Gasteiger partial charge in [0.15, 0.2) is 0 Å². The third-order valence-corrected chi connectivity index (χ3v) is 4.86. The van der Waals surface area contributed by atoms with Gasteiger partial charge in [-0.25, -0.2) is 4.98 Å². The fraction of sp³-hybridized carbons (Fsp3) is 0.474. The molecule has 0 aliphatic carbocycles. The van der Waals surface area contributed by atoms with E-state index in [0.717, 1.165) is 24.0 Å². The van der Waals surface area contributed by atoms with Gasteiger partial charge in [-0.1, -0.05) is 6.07 Å². The van der Waals surface area contributed by atoms with E-state index < -0.39 is 6.04 Å². The van der Waals surface area contributed by atoms with Crippen molar-refractivity contribution in [1.29, 1.82) is 0 Å². The van der Waals surface area contributed by atoms with Crippen LogP contribution in [0.2, 0.25) is 0 Å². The lowest BCUT2D eigenvalue weighted by Gasteiger charge is -2.34. The summed E-state index contributed by atoms with van der Waals surface area (Å²) in [4.78, 5) is 31.6. The largest absolute Gasteiger partial charge is 0.340 e. The number of likely N-dealkylation sites (tertiary alicyclic amines) is 1. The second-order valence-electron chi connectivity index (χ2n) is 7.00. The van der Waals surface area contributed by atoms with Crippen molar-refractivity contribution in [2.24, 2.45) is 13.0 Å². The van der Waals surface area contributed by atoms with Crippen molar-refractivity contribution in [1.82, 2.24) is 25.0 Å². The highest BCUT2D eigenvalue weighted by Crippen LogP contribution is 2.22. The van der Waals surface area contributed by atoms with Crippen molar-refractivity contribution < 1.29 is 9.59 Å². The molecular formula is C19H28Cl2N6O2. The van der Waals surface area contributed by atoms with Gasteiger partial charge in [0.05, 0.1) is 12.1 Å². The van der Waals surface area contributed by atoms with E-state index in [1.54, 1.807) is 35.1 Å². The van der Waals surface area contributed by atoms with E-state index in [0.29, 0.717) is 18.9 Å². The molecule has 2 aromatic rings. The Morgan fingerprint density at radius 2 is 2.00 bits per heavy atom. The third kappa shape index (κ3) is 6.16. The topological polar surface area (TPSA) is 92.2 Å². The van der Waals surface area contributed by atoms with Crippen molar-refractivity contribution in [2.75, 3.05) is 25.5 Å². The zero-order chi connectivity index (χ0) is 19.4. The number of carbonyl (C=O) groups excluding carboxylic acids is 2. The number of piperidine rings is 1. The molecule has 2 N–H and O–H groups in total. The molecule has 2 unspecified atom stereocenters. The number of likely N-dealkylation sites (N-methyl/N-ethyl adjacent to an activating group) is 1. The minimum atomic E-state index is -0.459. The van der Waals surface area contributed by atoms with Gasteiger partial charge in [-0.3, -0.25) is 14.3 Å². The zero-order valence-corrected chi connectivity index (χ0v) is 18.4. The number of aromatic nitrogens is 3. The molecule has 10 heteroatoms. The Labute approximate surface area is 183 Å². The lowest BCUT2D eigenvalue weighted by molar-refractivity contribution is -0.136. The minimum Gasteiger partial charge on any atom is -0.340 e. The summed E-state index contributed by atoms with van der Waals surface area (Å²) in [6.45, 7) is 3.02. The van der Waals surface area contributed by atoms with Crippen molar-refractivity contribution in [3.63, 3.8) is 0 Å². The average molecular weight is 443 g/mol. The monoisotopic (exact) mass is 442 g/mol. The first-order chi connectivity index (χ1) is 13.0. The number of rotatable bonds is 5. The minimum absolute atomic E-state index is 0. The number of nitrogens with one attached hydrogen (secondary N) is 2. The van der Waals surface area contributed by atoms with Gasteiger partial charge in [-0.15, -0.1) is 24.8 Å². The predicted molar refractivity (Wildman–Crippen MR) is 116 cm³/mol. The van der Waals surface area contributed by atoms with Crippen molar-refractivity contribution in [3.8, 4) is 0 Å². The summed E-state index contributed by atoms with van der Waals surface area (Å²) in [5.74, 6) is 0.178. The van der Waals surface area contributed by atoms with Crippen LogP contribution in [0.1, 0.15) is 30.0 Å². The van der Waals surface area contributed by atoms with Crippen LogP contribution in [0.5, 0.6) is 0 Å². The molecule has 0 aromatic carbocycles. The molecule has 2 atom stereocenters. The second kappa shape index (κ2) is 11.1. The zero-order valence-electron chi connectivity index (χ0n) is 16.8. The van der Waals surface area contributed by atoms with Crippen molar-refractivity contribution >= 4 is 42.4 Å². The smallest absolute Gasteiger partial charge is 0.244 e. The fourth-order valence-electron chi connectivity index (χ4n) is 3.37. The number of pyridine rings is 1. The van der Waals surface area contributed by atoms with Crippen LogP contribution in [-0.4, -0.2) is 51.6 Å². The summed E-state index contributed by atoms with van der Waals surface area (Å²) in [5, 5.41) is 10.1. The van der Waals surface area contributed by atoms with Gasteiger partial charge >= 0.3 is 0 Å². The van der Waals surface area contributed by atoms with E-state index in [4.69, 9.17) is 0 Å². The van der Waals surface area contributed by atoms with Crippen LogP contribution in [0.3, 0.4) is 0 Å². The van der Waals surface area contributed by atoms with Gasteiger partial charge in [-0.05, 0) is 38.4 Å². The first-order valence-electron chi connectivity index (χ1n) is 9.16. The summed E-state index contributed by atoms with van der Waals surface area (Å²) in [5.41, 5.74) is 1.86. The Kier molecular flexibility index (Phi) is 9.55. The maximum atomic E-state index is 13.0. The van der Waals surface area contributed by atoms with E-state index in [9.17, 15) is 9.59 Å². The molecule has 8 nitrogen and oxygen atoms in total. The van der Waals surface area contributed by atoms with E-state index >= 15 is 0 Å². The van der Waals surface area contributed by atoms with Crippen molar-refractivity contribution in [3.05, 3.63) is 41.9 Å². The van der Waals surface area contributed by atoms with Crippen LogP contribution < -0.4 is 10.6 Å². The summed E-state index contributed by atoms with van der Waals surface area (Å²) >= 11 is 0. The lowest BCUT2D eigenvalue weighted by Crippen LogP contribution is -2.47.